The summed E-state index contributed by atoms with van der Waals surface area (Å²) in [5, 5.41) is 4.15. The van der Waals surface area contributed by atoms with E-state index in [1.807, 2.05) is 30.3 Å². The maximum Gasteiger partial charge on any atom is 0.279 e. The van der Waals surface area contributed by atoms with Gasteiger partial charge in [-0.05, 0) is 37.1 Å². The zero-order chi connectivity index (χ0) is 18.6. The molecule has 1 saturated heterocycles. The molecule has 1 aliphatic heterocycles. The average molecular weight is 383 g/mol. The smallest absolute Gasteiger partial charge is 0.279 e. The van der Waals surface area contributed by atoms with Crippen LogP contribution in [0.5, 0.6) is 5.75 Å². The van der Waals surface area contributed by atoms with E-state index in [9.17, 15) is 4.79 Å². The van der Waals surface area contributed by atoms with Crippen LogP contribution in [0.3, 0.4) is 0 Å². The standard InChI is InChI=1S/C21H23N3O2S/c1-26-18-11-4-2-8-15(18)22-20(25)14-24-13-7-6-10-17(24)21-23-16-9-3-5-12-19(16)27-21/h2-5,8-9,11-12,17H,6-7,10,13-14H2,1H3,(H,22,25)/p+1/t17-/m0/s1. The van der Waals surface area contributed by atoms with E-state index in [-0.39, 0.29) is 5.91 Å². The molecule has 0 bridgehead atoms. The number of carbonyl (C=O) groups excluding carboxylic acids is 1. The Balaban J connectivity index is 1.49. The summed E-state index contributed by atoms with van der Waals surface area (Å²) in [5.41, 5.74) is 1.78. The number of aromatic nitrogens is 1. The second-order valence-electron chi connectivity index (χ2n) is 6.90. The van der Waals surface area contributed by atoms with Crippen LogP contribution in [0.2, 0.25) is 0 Å². The monoisotopic (exact) mass is 382 g/mol. The maximum absolute atomic E-state index is 12.7. The third kappa shape index (κ3) is 3.96. The fourth-order valence-electron chi connectivity index (χ4n) is 3.78. The lowest BCUT2D eigenvalue weighted by molar-refractivity contribution is -0.929. The molecule has 5 nitrogen and oxygen atoms in total. The van der Waals surface area contributed by atoms with E-state index in [2.05, 4.69) is 23.5 Å². The fourth-order valence-corrected chi connectivity index (χ4v) is 4.94. The molecule has 6 heteroatoms. The van der Waals surface area contributed by atoms with Gasteiger partial charge in [-0.3, -0.25) is 4.79 Å². The number of ether oxygens (including phenoxy) is 1. The molecule has 1 unspecified atom stereocenters. The van der Waals surface area contributed by atoms with E-state index >= 15 is 0 Å². The molecule has 1 aliphatic rings. The Bertz CT molecular complexity index is 907. The highest BCUT2D eigenvalue weighted by atomic mass is 32.1. The molecule has 1 fully saturated rings. The van der Waals surface area contributed by atoms with Crippen LogP contribution in [-0.2, 0) is 4.79 Å². The molecule has 2 heterocycles. The lowest BCUT2D eigenvalue weighted by atomic mass is 10.0. The molecule has 0 saturated carbocycles. The quantitative estimate of drug-likeness (QED) is 0.713. The third-order valence-corrected chi connectivity index (χ3v) is 6.26. The number of likely N-dealkylation sites (tertiary alicyclic amines) is 1. The summed E-state index contributed by atoms with van der Waals surface area (Å²) in [6.45, 7) is 1.44. The van der Waals surface area contributed by atoms with Crippen molar-refractivity contribution in [3.05, 3.63) is 53.5 Å². The minimum absolute atomic E-state index is 0.0162. The van der Waals surface area contributed by atoms with E-state index in [0.29, 0.717) is 18.3 Å². The molecule has 1 aromatic heterocycles. The van der Waals surface area contributed by atoms with Crippen molar-refractivity contribution in [2.24, 2.45) is 0 Å². The van der Waals surface area contributed by atoms with Crippen LogP contribution < -0.4 is 15.0 Å². The number of nitrogens with one attached hydrogen (secondary N) is 2. The summed E-state index contributed by atoms with van der Waals surface area (Å²) in [7, 11) is 1.62. The highest BCUT2D eigenvalue weighted by Gasteiger charge is 2.32. The molecule has 4 rings (SSSR count). The van der Waals surface area contributed by atoms with Gasteiger partial charge in [0, 0.05) is 6.42 Å². The van der Waals surface area contributed by atoms with Gasteiger partial charge in [0.25, 0.3) is 5.91 Å². The first-order chi connectivity index (χ1) is 13.2. The fraction of sp³-hybridized carbons (Fsp3) is 0.333. The molecule has 2 aromatic carbocycles. The minimum atomic E-state index is 0.0162. The molecule has 2 atom stereocenters. The van der Waals surface area contributed by atoms with Crippen molar-refractivity contribution >= 4 is 33.1 Å². The van der Waals surface area contributed by atoms with Crippen molar-refractivity contribution in [2.45, 2.75) is 25.3 Å². The highest BCUT2D eigenvalue weighted by molar-refractivity contribution is 7.18. The van der Waals surface area contributed by atoms with Crippen molar-refractivity contribution in [3.63, 3.8) is 0 Å². The van der Waals surface area contributed by atoms with Gasteiger partial charge >= 0.3 is 0 Å². The van der Waals surface area contributed by atoms with Crippen LogP contribution in [0, 0.1) is 0 Å². The average Bonchev–Trinajstić information content (AvgIpc) is 3.13. The summed E-state index contributed by atoms with van der Waals surface area (Å²) in [6, 6.07) is 16.1. The van der Waals surface area contributed by atoms with E-state index < -0.39 is 0 Å². The topological polar surface area (TPSA) is 55.7 Å². The number of anilines is 1. The lowest BCUT2D eigenvalue weighted by Gasteiger charge is -2.30. The van der Waals surface area contributed by atoms with Gasteiger partial charge in [0.1, 0.15) is 11.8 Å². The van der Waals surface area contributed by atoms with Crippen molar-refractivity contribution in [1.29, 1.82) is 0 Å². The van der Waals surface area contributed by atoms with Gasteiger partial charge in [-0.25, -0.2) is 4.98 Å². The van der Waals surface area contributed by atoms with Gasteiger partial charge < -0.3 is 15.0 Å². The number of rotatable bonds is 5. The van der Waals surface area contributed by atoms with E-state index in [4.69, 9.17) is 9.72 Å². The SMILES string of the molecule is COc1ccccc1NC(=O)C[NH+]1CCCC[C@H]1c1nc2ccccc2s1. The summed E-state index contributed by atoms with van der Waals surface area (Å²) < 4.78 is 6.55. The third-order valence-electron chi connectivity index (χ3n) is 5.11. The van der Waals surface area contributed by atoms with Crippen LogP contribution in [-0.4, -0.2) is 31.1 Å². The number of benzene rings is 2. The Kier molecular flexibility index (Phi) is 5.36. The van der Waals surface area contributed by atoms with Gasteiger partial charge in [-0.15, -0.1) is 11.3 Å². The number of hydrogen-bond acceptors (Lipinski definition) is 4. The number of quaternary nitrogens is 1. The number of piperidine rings is 1. The van der Waals surface area contributed by atoms with Crippen molar-refractivity contribution < 1.29 is 14.4 Å². The number of amides is 1. The Morgan fingerprint density at radius 3 is 2.89 bits per heavy atom. The number of hydrogen-bond donors (Lipinski definition) is 2. The zero-order valence-corrected chi connectivity index (χ0v) is 16.2. The maximum atomic E-state index is 12.7. The van der Waals surface area contributed by atoms with E-state index in [1.165, 1.54) is 16.0 Å². The first-order valence-electron chi connectivity index (χ1n) is 9.37. The number of nitrogens with zero attached hydrogens (tertiary/aromatic N) is 1. The largest absolute Gasteiger partial charge is 0.495 e. The summed E-state index contributed by atoms with van der Waals surface area (Å²) >= 11 is 1.76. The lowest BCUT2D eigenvalue weighted by Crippen LogP contribution is -3.14. The predicted molar refractivity (Wildman–Crippen MR) is 109 cm³/mol. The van der Waals surface area contributed by atoms with Crippen LogP contribution in [0.4, 0.5) is 5.69 Å². The molecule has 3 aromatic rings. The molecule has 27 heavy (non-hydrogen) atoms. The van der Waals surface area contributed by atoms with E-state index in [0.717, 1.165) is 35.6 Å². The first-order valence-corrected chi connectivity index (χ1v) is 10.2. The zero-order valence-electron chi connectivity index (χ0n) is 15.4. The number of para-hydroxylation sites is 3. The first kappa shape index (κ1) is 17.9. The van der Waals surface area contributed by atoms with Gasteiger partial charge in [-0.1, -0.05) is 24.3 Å². The Morgan fingerprint density at radius 2 is 2.04 bits per heavy atom. The molecule has 0 spiro atoms. The van der Waals surface area contributed by atoms with Crippen LogP contribution >= 0.6 is 11.3 Å². The van der Waals surface area contributed by atoms with Crippen molar-refractivity contribution in [2.75, 3.05) is 25.5 Å². The number of carbonyl (C=O) groups is 1. The van der Waals surface area contributed by atoms with Gasteiger partial charge in [0.15, 0.2) is 11.6 Å². The molecule has 1 amide bonds. The summed E-state index contributed by atoms with van der Waals surface area (Å²) in [6.07, 6.45) is 3.42. The number of thiazole rings is 1. The van der Waals surface area contributed by atoms with Crippen LogP contribution in [0.15, 0.2) is 48.5 Å². The minimum Gasteiger partial charge on any atom is -0.495 e. The molecular weight excluding hydrogens is 358 g/mol. The normalized spacial score (nSPS) is 19.7. The second-order valence-corrected chi connectivity index (χ2v) is 7.96. The summed E-state index contributed by atoms with van der Waals surface area (Å²) in [4.78, 5) is 18.8. The van der Waals surface area contributed by atoms with Crippen molar-refractivity contribution in [1.82, 2.24) is 4.98 Å². The molecule has 0 radical (unpaired) electrons. The Morgan fingerprint density at radius 1 is 1.22 bits per heavy atom. The predicted octanol–water partition coefficient (Wildman–Crippen LogP) is 3.05. The number of methoxy groups -OCH3 is 1. The van der Waals surface area contributed by atoms with Crippen LogP contribution in [0.25, 0.3) is 10.2 Å². The number of fused-ring (bicyclic) bond motifs is 1. The van der Waals surface area contributed by atoms with Gasteiger partial charge in [0.05, 0.1) is 29.6 Å². The second kappa shape index (κ2) is 8.06. The van der Waals surface area contributed by atoms with Crippen LogP contribution in [0.1, 0.15) is 30.3 Å². The Hall–Kier alpha value is -2.44. The highest BCUT2D eigenvalue weighted by Crippen LogP contribution is 2.28. The van der Waals surface area contributed by atoms with E-state index in [1.54, 1.807) is 18.4 Å². The molecule has 0 aliphatic carbocycles. The molecular formula is C21H24N3O2S+. The Labute approximate surface area is 163 Å². The van der Waals surface area contributed by atoms with Crippen molar-refractivity contribution in [3.8, 4) is 5.75 Å². The molecule has 2 N–H and O–H groups in total. The van der Waals surface area contributed by atoms with Gasteiger partial charge in [-0.2, -0.15) is 0 Å². The summed E-state index contributed by atoms with van der Waals surface area (Å²) in [5.74, 6) is 0.699. The molecule has 140 valence electrons. The van der Waals surface area contributed by atoms with Gasteiger partial charge in [0.2, 0.25) is 0 Å².